The minimum absolute atomic E-state index is 0.0472. The first-order chi connectivity index (χ1) is 9.06. The monoisotopic (exact) mass is 260 g/mol. The van der Waals surface area contributed by atoms with Crippen molar-refractivity contribution in [3.05, 3.63) is 34.9 Å². The summed E-state index contributed by atoms with van der Waals surface area (Å²) in [7, 11) is 0. The Morgan fingerprint density at radius 3 is 2.42 bits per heavy atom. The van der Waals surface area contributed by atoms with Gasteiger partial charge in [-0.2, -0.15) is 0 Å². The molecule has 0 fully saturated rings. The third-order valence-electron chi connectivity index (χ3n) is 3.64. The fraction of sp³-hybridized carbons (Fsp3) is 0.562. The molecule has 1 aliphatic rings. The van der Waals surface area contributed by atoms with Gasteiger partial charge < -0.3 is 10.6 Å². The predicted molar refractivity (Wildman–Crippen MR) is 78.3 cm³/mol. The van der Waals surface area contributed by atoms with Crippen LogP contribution in [0.4, 0.5) is 4.79 Å². The van der Waals surface area contributed by atoms with Crippen molar-refractivity contribution in [3.8, 4) is 0 Å². The molecule has 104 valence electrons. The molecule has 1 atom stereocenters. The van der Waals surface area contributed by atoms with Crippen molar-refractivity contribution in [2.24, 2.45) is 0 Å². The number of nitrogens with one attached hydrogen (secondary N) is 2. The van der Waals surface area contributed by atoms with Crippen LogP contribution in [0.15, 0.2) is 18.2 Å². The molecule has 1 aromatic rings. The maximum atomic E-state index is 11.7. The van der Waals surface area contributed by atoms with E-state index >= 15 is 0 Å². The Kier molecular flexibility index (Phi) is 4.46. The summed E-state index contributed by atoms with van der Waals surface area (Å²) in [5.74, 6) is 0. The van der Waals surface area contributed by atoms with Gasteiger partial charge in [0.2, 0.25) is 0 Å². The Labute approximate surface area is 115 Å². The van der Waals surface area contributed by atoms with Crippen molar-refractivity contribution in [1.82, 2.24) is 10.6 Å². The van der Waals surface area contributed by atoms with Crippen LogP contribution in [-0.2, 0) is 12.8 Å². The molecule has 2 rings (SSSR count). The number of fused-ring (bicyclic) bond motifs is 1. The molecular weight excluding hydrogens is 236 g/mol. The van der Waals surface area contributed by atoms with E-state index in [0.717, 1.165) is 0 Å². The summed E-state index contributed by atoms with van der Waals surface area (Å²) in [5.41, 5.74) is 4.13. The van der Waals surface area contributed by atoms with Gasteiger partial charge in [-0.3, -0.25) is 0 Å². The van der Waals surface area contributed by atoms with Crippen LogP contribution in [0.25, 0.3) is 0 Å². The number of amides is 2. The highest BCUT2D eigenvalue weighted by atomic mass is 16.2. The smallest absolute Gasteiger partial charge is 0.315 e. The summed E-state index contributed by atoms with van der Waals surface area (Å²) in [6, 6.07) is 6.74. The van der Waals surface area contributed by atoms with Crippen molar-refractivity contribution in [2.75, 3.05) is 0 Å². The minimum atomic E-state index is -0.0970. The van der Waals surface area contributed by atoms with E-state index in [4.69, 9.17) is 0 Å². The summed E-state index contributed by atoms with van der Waals surface area (Å²) >= 11 is 0. The number of carbonyl (C=O) groups is 1. The van der Waals surface area contributed by atoms with E-state index in [9.17, 15) is 4.79 Å². The van der Waals surface area contributed by atoms with Crippen LogP contribution in [0, 0.1) is 0 Å². The second-order valence-electron chi connectivity index (χ2n) is 5.73. The molecule has 0 spiro atoms. The van der Waals surface area contributed by atoms with Gasteiger partial charge in [-0.05, 0) is 63.1 Å². The Hall–Kier alpha value is -1.51. The molecule has 2 N–H and O–H groups in total. The minimum Gasteiger partial charge on any atom is -0.336 e. The van der Waals surface area contributed by atoms with Crippen molar-refractivity contribution in [3.63, 3.8) is 0 Å². The van der Waals surface area contributed by atoms with Gasteiger partial charge in [0.25, 0.3) is 0 Å². The third kappa shape index (κ3) is 3.72. The lowest BCUT2D eigenvalue weighted by molar-refractivity contribution is 0.235. The van der Waals surface area contributed by atoms with E-state index in [-0.39, 0.29) is 18.1 Å². The number of hydrogen-bond donors (Lipinski definition) is 2. The van der Waals surface area contributed by atoms with E-state index in [2.05, 4.69) is 28.8 Å². The zero-order valence-corrected chi connectivity index (χ0v) is 12.1. The molecule has 1 unspecified atom stereocenters. The van der Waals surface area contributed by atoms with Gasteiger partial charge in [0.15, 0.2) is 0 Å². The number of hydrogen-bond acceptors (Lipinski definition) is 1. The second-order valence-corrected chi connectivity index (χ2v) is 5.73. The first-order valence-corrected chi connectivity index (χ1v) is 7.25. The van der Waals surface area contributed by atoms with Crippen molar-refractivity contribution in [2.45, 2.75) is 58.5 Å². The topological polar surface area (TPSA) is 41.1 Å². The average Bonchev–Trinajstić information content (AvgIpc) is 2.37. The van der Waals surface area contributed by atoms with E-state index in [1.165, 1.54) is 42.4 Å². The lowest BCUT2D eigenvalue weighted by atomic mass is 9.89. The van der Waals surface area contributed by atoms with Crippen LogP contribution in [0.2, 0.25) is 0 Å². The average molecular weight is 260 g/mol. The summed E-state index contributed by atoms with van der Waals surface area (Å²) in [6.07, 6.45) is 4.96. The van der Waals surface area contributed by atoms with Crippen molar-refractivity contribution in [1.29, 1.82) is 0 Å². The van der Waals surface area contributed by atoms with E-state index in [1.54, 1.807) is 0 Å². The number of aryl methyl sites for hydroxylation is 2. The number of urea groups is 1. The third-order valence-corrected chi connectivity index (χ3v) is 3.64. The van der Waals surface area contributed by atoms with Gasteiger partial charge in [-0.1, -0.05) is 18.2 Å². The highest BCUT2D eigenvalue weighted by Gasteiger charge is 2.14. The normalized spacial score (nSPS) is 15.8. The van der Waals surface area contributed by atoms with Gasteiger partial charge in [0.05, 0.1) is 6.04 Å². The molecule has 0 radical (unpaired) electrons. The van der Waals surface area contributed by atoms with E-state index < -0.39 is 0 Å². The Balaban J connectivity index is 2.03. The fourth-order valence-corrected chi connectivity index (χ4v) is 2.61. The molecule has 2 amide bonds. The van der Waals surface area contributed by atoms with E-state index in [1.807, 2.05) is 20.8 Å². The maximum Gasteiger partial charge on any atom is 0.315 e. The molecule has 0 saturated heterocycles. The van der Waals surface area contributed by atoms with Crippen LogP contribution < -0.4 is 10.6 Å². The van der Waals surface area contributed by atoms with Crippen LogP contribution in [-0.4, -0.2) is 12.1 Å². The summed E-state index contributed by atoms with van der Waals surface area (Å²) in [4.78, 5) is 11.7. The number of rotatable bonds is 3. The van der Waals surface area contributed by atoms with Gasteiger partial charge in [-0.15, -0.1) is 0 Å². The lowest BCUT2D eigenvalue weighted by Gasteiger charge is -2.20. The SMILES string of the molecule is CC(C)NC(=O)NC(C)c1ccc2c(c1)CCCC2. The zero-order valence-electron chi connectivity index (χ0n) is 12.1. The van der Waals surface area contributed by atoms with Crippen LogP contribution in [0.3, 0.4) is 0 Å². The van der Waals surface area contributed by atoms with Gasteiger partial charge >= 0.3 is 6.03 Å². The molecule has 0 aromatic heterocycles. The van der Waals surface area contributed by atoms with Crippen LogP contribution >= 0.6 is 0 Å². The molecule has 3 nitrogen and oxygen atoms in total. The van der Waals surface area contributed by atoms with E-state index in [0.29, 0.717) is 0 Å². The maximum absolute atomic E-state index is 11.7. The van der Waals surface area contributed by atoms with Crippen LogP contribution in [0.5, 0.6) is 0 Å². The first-order valence-electron chi connectivity index (χ1n) is 7.25. The summed E-state index contributed by atoms with van der Waals surface area (Å²) in [5, 5.41) is 5.84. The van der Waals surface area contributed by atoms with Gasteiger partial charge in [0, 0.05) is 6.04 Å². The lowest BCUT2D eigenvalue weighted by Crippen LogP contribution is -2.40. The Bertz CT molecular complexity index is 454. The van der Waals surface area contributed by atoms with Gasteiger partial charge in [0.1, 0.15) is 0 Å². The second kappa shape index (κ2) is 6.09. The highest BCUT2D eigenvalue weighted by Crippen LogP contribution is 2.24. The summed E-state index contributed by atoms with van der Waals surface area (Å²) < 4.78 is 0. The number of carbonyl (C=O) groups excluding carboxylic acids is 1. The summed E-state index contributed by atoms with van der Waals surface area (Å²) in [6.45, 7) is 5.96. The van der Waals surface area contributed by atoms with Gasteiger partial charge in [-0.25, -0.2) is 4.79 Å². The molecule has 3 heteroatoms. The molecule has 0 bridgehead atoms. The first kappa shape index (κ1) is 13.9. The molecule has 0 aliphatic heterocycles. The molecule has 1 aromatic carbocycles. The molecular formula is C16H24N2O. The fourth-order valence-electron chi connectivity index (χ4n) is 2.61. The number of benzene rings is 1. The van der Waals surface area contributed by atoms with Crippen molar-refractivity contribution < 1.29 is 4.79 Å². The standard InChI is InChI=1S/C16H24N2O/c1-11(2)17-16(19)18-12(3)14-9-8-13-6-4-5-7-15(13)10-14/h8-12H,4-7H2,1-3H3,(H2,17,18,19). The molecule has 0 heterocycles. The molecule has 19 heavy (non-hydrogen) atoms. The Morgan fingerprint density at radius 1 is 1.05 bits per heavy atom. The van der Waals surface area contributed by atoms with Crippen molar-refractivity contribution >= 4 is 6.03 Å². The molecule has 1 aliphatic carbocycles. The largest absolute Gasteiger partial charge is 0.336 e. The Morgan fingerprint density at radius 2 is 1.74 bits per heavy atom. The highest BCUT2D eigenvalue weighted by molar-refractivity contribution is 5.74. The molecule has 0 saturated carbocycles. The predicted octanol–water partition coefficient (Wildman–Crippen LogP) is 3.33. The van der Waals surface area contributed by atoms with Crippen LogP contribution in [0.1, 0.15) is 56.3 Å². The zero-order chi connectivity index (χ0) is 13.8. The quantitative estimate of drug-likeness (QED) is 0.860.